The Kier molecular flexibility index (Phi) is 3.62. The molecule has 0 aromatic heterocycles. The standard InChI is InChI=1S/C12H12ClN3O/c13-10-6-9(4-3-8(10)7-14)16-12(17)11-2-1-5-15-11/h3-4,6,11,15H,1-2,5H2,(H,16,17)/t11-/m0/s1. The lowest BCUT2D eigenvalue weighted by atomic mass is 10.2. The highest BCUT2D eigenvalue weighted by Gasteiger charge is 2.21. The molecule has 1 aliphatic heterocycles. The van der Waals surface area contributed by atoms with Gasteiger partial charge in [-0.05, 0) is 37.6 Å². The first-order valence-corrected chi connectivity index (χ1v) is 5.82. The van der Waals surface area contributed by atoms with Gasteiger partial charge in [-0.15, -0.1) is 0 Å². The summed E-state index contributed by atoms with van der Waals surface area (Å²) in [5.74, 6) is -0.0525. The van der Waals surface area contributed by atoms with Crippen LogP contribution in [0.25, 0.3) is 0 Å². The molecule has 5 heteroatoms. The van der Waals surface area contributed by atoms with Gasteiger partial charge in [0.05, 0.1) is 16.6 Å². The topological polar surface area (TPSA) is 64.9 Å². The highest BCUT2D eigenvalue weighted by molar-refractivity contribution is 6.32. The number of rotatable bonds is 2. The summed E-state index contributed by atoms with van der Waals surface area (Å²) in [7, 11) is 0. The van der Waals surface area contributed by atoms with E-state index in [9.17, 15) is 4.79 Å². The van der Waals surface area contributed by atoms with Crippen molar-refractivity contribution in [2.75, 3.05) is 11.9 Å². The third-order valence-corrected chi connectivity index (χ3v) is 3.05. The normalized spacial score (nSPS) is 18.7. The Balaban J connectivity index is 2.06. The summed E-state index contributed by atoms with van der Waals surface area (Å²) >= 11 is 5.88. The molecule has 1 heterocycles. The molecule has 1 atom stereocenters. The van der Waals surface area contributed by atoms with Gasteiger partial charge in [-0.3, -0.25) is 4.79 Å². The third-order valence-electron chi connectivity index (χ3n) is 2.73. The van der Waals surface area contributed by atoms with E-state index in [-0.39, 0.29) is 11.9 Å². The zero-order valence-electron chi connectivity index (χ0n) is 9.16. The van der Waals surface area contributed by atoms with Gasteiger partial charge in [0.25, 0.3) is 0 Å². The largest absolute Gasteiger partial charge is 0.325 e. The first-order valence-electron chi connectivity index (χ1n) is 5.44. The second-order valence-electron chi connectivity index (χ2n) is 3.94. The lowest BCUT2D eigenvalue weighted by Crippen LogP contribution is -2.35. The number of benzene rings is 1. The monoisotopic (exact) mass is 249 g/mol. The van der Waals surface area contributed by atoms with E-state index in [0.717, 1.165) is 19.4 Å². The fourth-order valence-electron chi connectivity index (χ4n) is 1.82. The maximum atomic E-state index is 11.8. The van der Waals surface area contributed by atoms with Crippen LogP contribution in [0.5, 0.6) is 0 Å². The molecule has 0 unspecified atom stereocenters. The first-order chi connectivity index (χ1) is 8.20. The summed E-state index contributed by atoms with van der Waals surface area (Å²) in [4.78, 5) is 11.8. The Morgan fingerprint density at radius 3 is 3.00 bits per heavy atom. The number of carbonyl (C=O) groups excluding carboxylic acids is 1. The van der Waals surface area contributed by atoms with Crippen LogP contribution in [0.3, 0.4) is 0 Å². The van der Waals surface area contributed by atoms with Crippen molar-refractivity contribution in [1.82, 2.24) is 5.32 Å². The maximum Gasteiger partial charge on any atom is 0.241 e. The number of nitrogens with zero attached hydrogens (tertiary/aromatic N) is 1. The van der Waals surface area contributed by atoms with E-state index in [1.807, 2.05) is 6.07 Å². The number of carbonyl (C=O) groups is 1. The summed E-state index contributed by atoms with van der Waals surface area (Å²) in [6.07, 6.45) is 1.88. The van der Waals surface area contributed by atoms with Gasteiger partial charge < -0.3 is 10.6 Å². The van der Waals surface area contributed by atoms with Gasteiger partial charge in [0.1, 0.15) is 6.07 Å². The van der Waals surface area contributed by atoms with Crippen molar-refractivity contribution in [2.24, 2.45) is 0 Å². The van der Waals surface area contributed by atoms with Crippen molar-refractivity contribution in [1.29, 1.82) is 5.26 Å². The van der Waals surface area contributed by atoms with Gasteiger partial charge in [0.2, 0.25) is 5.91 Å². The molecule has 1 aliphatic rings. The van der Waals surface area contributed by atoms with Crippen LogP contribution in [0, 0.1) is 11.3 Å². The van der Waals surface area contributed by atoms with Crippen molar-refractivity contribution < 1.29 is 4.79 Å². The lowest BCUT2D eigenvalue weighted by molar-refractivity contribution is -0.117. The van der Waals surface area contributed by atoms with Gasteiger partial charge in [-0.2, -0.15) is 5.26 Å². The molecule has 1 aromatic carbocycles. The minimum absolute atomic E-state index is 0.0525. The van der Waals surface area contributed by atoms with Crippen LogP contribution >= 0.6 is 11.6 Å². The molecular weight excluding hydrogens is 238 g/mol. The molecular formula is C12H12ClN3O. The Morgan fingerprint density at radius 2 is 2.41 bits per heavy atom. The number of halogens is 1. The molecule has 4 nitrogen and oxygen atoms in total. The smallest absolute Gasteiger partial charge is 0.241 e. The van der Waals surface area contributed by atoms with Crippen LogP contribution in [0.1, 0.15) is 18.4 Å². The van der Waals surface area contributed by atoms with Crippen LogP contribution in [-0.4, -0.2) is 18.5 Å². The zero-order chi connectivity index (χ0) is 12.3. The molecule has 1 fully saturated rings. The van der Waals surface area contributed by atoms with Crippen LogP contribution < -0.4 is 10.6 Å². The molecule has 2 rings (SSSR count). The predicted molar refractivity (Wildman–Crippen MR) is 65.8 cm³/mol. The highest BCUT2D eigenvalue weighted by Crippen LogP contribution is 2.20. The van der Waals surface area contributed by atoms with Gasteiger partial charge in [-0.1, -0.05) is 11.6 Å². The molecule has 88 valence electrons. The molecule has 0 bridgehead atoms. The second kappa shape index (κ2) is 5.17. The third kappa shape index (κ3) is 2.76. The molecule has 0 saturated carbocycles. The molecule has 1 amide bonds. The number of anilines is 1. The van der Waals surface area contributed by atoms with E-state index in [1.54, 1.807) is 18.2 Å². The molecule has 0 spiro atoms. The van der Waals surface area contributed by atoms with E-state index in [4.69, 9.17) is 16.9 Å². The number of nitrogens with one attached hydrogen (secondary N) is 2. The SMILES string of the molecule is N#Cc1ccc(NC(=O)[C@@H]2CCCN2)cc1Cl. The highest BCUT2D eigenvalue weighted by atomic mass is 35.5. The second-order valence-corrected chi connectivity index (χ2v) is 4.35. The van der Waals surface area contributed by atoms with Crippen molar-refractivity contribution in [3.05, 3.63) is 28.8 Å². The lowest BCUT2D eigenvalue weighted by Gasteiger charge is -2.11. The van der Waals surface area contributed by atoms with E-state index in [1.165, 1.54) is 0 Å². The van der Waals surface area contributed by atoms with Crippen LogP contribution in [0.4, 0.5) is 5.69 Å². The van der Waals surface area contributed by atoms with Gasteiger partial charge in [-0.25, -0.2) is 0 Å². The molecule has 1 saturated heterocycles. The molecule has 1 aromatic rings. The minimum atomic E-state index is -0.121. The number of amides is 1. The Bertz CT molecular complexity index is 475. The van der Waals surface area contributed by atoms with Crippen molar-refractivity contribution in [2.45, 2.75) is 18.9 Å². The summed E-state index contributed by atoms with van der Waals surface area (Å²) in [5, 5.41) is 15.0. The molecule has 0 radical (unpaired) electrons. The van der Waals surface area contributed by atoms with Crippen molar-refractivity contribution in [3.8, 4) is 6.07 Å². The van der Waals surface area contributed by atoms with E-state index >= 15 is 0 Å². The van der Waals surface area contributed by atoms with Crippen LogP contribution in [0.15, 0.2) is 18.2 Å². The van der Waals surface area contributed by atoms with Crippen LogP contribution in [-0.2, 0) is 4.79 Å². The Labute approximate surface area is 105 Å². The summed E-state index contributed by atoms with van der Waals surface area (Å²) in [6, 6.07) is 6.72. The van der Waals surface area contributed by atoms with Crippen molar-refractivity contribution in [3.63, 3.8) is 0 Å². The number of hydrogen-bond acceptors (Lipinski definition) is 3. The van der Waals surface area contributed by atoms with E-state index in [0.29, 0.717) is 16.3 Å². The molecule has 17 heavy (non-hydrogen) atoms. The summed E-state index contributed by atoms with van der Waals surface area (Å²) in [5.41, 5.74) is 1.02. The average molecular weight is 250 g/mol. The van der Waals surface area contributed by atoms with Gasteiger partial charge >= 0.3 is 0 Å². The zero-order valence-corrected chi connectivity index (χ0v) is 9.92. The van der Waals surface area contributed by atoms with Gasteiger partial charge in [0, 0.05) is 5.69 Å². The summed E-state index contributed by atoms with van der Waals surface area (Å²) in [6.45, 7) is 0.881. The van der Waals surface area contributed by atoms with E-state index < -0.39 is 0 Å². The minimum Gasteiger partial charge on any atom is -0.325 e. The fourth-order valence-corrected chi connectivity index (χ4v) is 2.04. The Hall–Kier alpha value is -1.57. The fraction of sp³-hybridized carbons (Fsp3) is 0.333. The predicted octanol–water partition coefficient (Wildman–Crippen LogP) is 1.90. The van der Waals surface area contributed by atoms with Gasteiger partial charge in [0.15, 0.2) is 0 Å². The maximum absolute atomic E-state index is 11.8. The molecule has 0 aliphatic carbocycles. The average Bonchev–Trinajstić information content (AvgIpc) is 2.82. The van der Waals surface area contributed by atoms with E-state index in [2.05, 4.69) is 10.6 Å². The number of hydrogen-bond donors (Lipinski definition) is 2. The molecule has 2 N–H and O–H groups in total. The van der Waals surface area contributed by atoms with Crippen molar-refractivity contribution >= 4 is 23.2 Å². The quantitative estimate of drug-likeness (QED) is 0.841. The number of nitriles is 1. The first kappa shape index (κ1) is 11.9. The Morgan fingerprint density at radius 1 is 1.59 bits per heavy atom. The summed E-state index contributed by atoms with van der Waals surface area (Å²) < 4.78 is 0. The van der Waals surface area contributed by atoms with Crippen LogP contribution in [0.2, 0.25) is 5.02 Å².